The van der Waals surface area contributed by atoms with Gasteiger partial charge >= 0.3 is 0 Å². The van der Waals surface area contributed by atoms with Crippen LogP contribution in [0.1, 0.15) is 59.4 Å². The van der Waals surface area contributed by atoms with Crippen LogP contribution < -0.4 is 5.32 Å². The lowest BCUT2D eigenvalue weighted by atomic mass is 9.92. The fraction of sp³-hybridized carbons (Fsp3) is 0.565. The van der Waals surface area contributed by atoms with Crippen LogP contribution in [0, 0.1) is 11.7 Å². The number of thiophene rings is 1. The number of nitrogens with zero attached hydrogens (tertiary/aromatic N) is 1. The number of likely N-dealkylation sites (tertiary alicyclic amines) is 1. The summed E-state index contributed by atoms with van der Waals surface area (Å²) in [5, 5.41) is 13.4. The van der Waals surface area contributed by atoms with Crippen LogP contribution in [0.15, 0.2) is 36.4 Å². The van der Waals surface area contributed by atoms with Crippen molar-refractivity contribution < 1.29 is 9.50 Å². The van der Waals surface area contributed by atoms with Gasteiger partial charge in [0, 0.05) is 40.5 Å². The van der Waals surface area contributed by atoms with Gasteiger partial charge < -0.3 is 10.4 Å². The van der Waals surface area contributed by atoms with E-state index in [1.165, 1.54) is 36.6 Å². The van der Waals surface area contributed by atoms with Crippen LogP contribution in [-0.4, -0.2) is 36.2 Å². The highest BCUT2D eigenvalue weighted by Crippen LogP contribution is 2.41. The molecule has 0 amide bonds. The molecule has 0 bridgehead atoms. The van der Waals surface area contributed by atoms with Crippen molar-refractivity contribution in [3.8, 4) is 0 Å². The number of nitrogens with one attached hydrogen (secondary N) is 1. The quantitative estimate of drug-likeness (QED) is 0.705. The summed E-state index contributed by atoms with van der Waals surface area (Å²) in [6.45, 7) is 1.81. The van der Waals surface area contributed by atoms with Crippen molar-refractivity contribution in [2.24, 2.45) is 5.92 Å². The van der Waals surface area contributed by atoms with Crippen molar-refractivity contribution >= 4 is 11.3 Å². The zero-order valence-electron chi connectivity index (χ0n) is 16.6. The molecule has 3 nitrogen and oxygen atoms in total. The maximum absolute atomic E-state index is 14.4. The van der Waals surface area contributed by atoms with Crippen LogP contribution in [0.3, 0.4) is 0 Å². The predicted octanol–water partition coefficient (Wildman–Crippen LogP) is 4.69. The normalized spacial score (nSPS) is 26.3. The molecule has 1 aliphatic heterocycles. The van der Waals surface area contributed by atoms with Gasteiger partial charge in [-0.15, -0.1) is 11.3 Å². The zero-order chi connectivity index (χ0) is 19.5. The molecule has 28 heavy (non-hydrogen) atoms. The van der Waals surface area contributed by atoms with Gasteiger partial charge in [0.2, 0.25) is 0 Å². The second-order valence-corrected chi connectivity index (χ2v) is 9.58. The van der Waals surface area contributed by atoms with E-state index in [-0.39, 0.29) is 30.4 Å². The Hall–Kier alpha value is -1.27. The van der Waals surface area contributed by atoms with Crippen LogP contribution in [0.4, 0.5) is 4.39 Å². The average molecular weight is 403 g/mol. The minimum Gasteiger partial charge on any atom is -0.395 e. The Morgan fingerprint density at radius 1 is 1.18 bits per heavy atom. The second kappa shape index (κ2) is 9.04. The fourth-order valence-corrected chi connectivity index (χ4v) is 6.24. The van der Waals surface area contributed by atoms with Crippen LogP contribution in [0.25, 0.3) is 0 Å². The molecule has 1 aromatic carbocycles. The largest absolute Gasteiger partial charge is 0.395 e. The zero-order valence-corrected chi connectivity index (χ0v) is 17.4. The van der Waals surface area contributed by atoms with Gasteiger partial charge in [-0.1, -0.05) is 31.0 Å². The highest BCUT2D eigenvalue weighted by Gasteiger charge is 2.40. The molecular formula is C23H31FN2OS. The Morgan fingerprint density at radius 2 is 1.96 bits per heavy atom. The first-order valence-electron chi connectivity index (χ1n) is 10.5. The van der Waals surface area contributed by atoms with Gasteiger partial charge in [-0.2, -0.15) is 0 Å². The van der Waals surface area contributed by atoms with Gasteiger partial charge in [0.1, 0.15) is 5.82 Å². The summed E-state index contributed by atoms with van der Waals surface area (Å²) in [5.74, 6) is 0.911. The van der Waals surface area contributed by atoms with Gasteiger partial charge in [0.15, 0.2) is 0 Å². The molecule has 1 saturated heterocycles. The maximum atomic E-state index is 14.4. The molecule has 1 saturated carbocycles. The fourth-order valence-electron chi connectivity index (χ4n) is 5.09. The lowest BCUT2D eigenvalue weighted by Gasteiger charge is -2.28. The van der Waals surface area contributed by atoms with Gasteiger partial charge in [-0.25, -0.2) is 4.39 Å². The van der Waals surface area contributed by atoms with Gasteiger partial charge in [-0.05, 0) is 56.3 Å². The summed E-state index contributed by atoms with van der Waals surface area (Å²) in [5.41, 5.74) is 0.743. The Balaban J connectivity index is 1.39. The van der Waals surface area contributed by atoms with E-state index >= 15 is 0 Å². The molecule has 1 aromatic heterocycles. The molecule has 4 rings (SSSR count). The number of likely N-dealkylation sites (N-methyl/N-ethyl adjacent to an activating group) is 1. The molecular weight excluding hydrogens is 371 g/mol. The summed E-state index contributed by atoms with van der Waals surface area (Å²) in [6.07, 6.45) is 6.31. The third kappa shape index (κ3) is 4.18. The lowest BCUT2D eigenvalue weighted by Crippen LogP contribution is -2.32. The first-order valence-corrected chi connectivity index (χ1v) is 11.4. The molecule has 3 atom stereocenters. The SMILES string of the molecule is CN1[C@@H](CO)C[C@@H](CNCc2ccc(C3CCCC3)s2)[C@H]1c1ccccc1F. The third-order valence-corrected chi connectivity index (χ3v) is 7.86. The van der Waals surface area contributed by atoms with Gasteiger partial charge in [0.05, 0.1) is 6.61 Å². The first-order chi connectivity index (χ1) is 13.7. The van der Waals surface area contributed by atoms with E-state index < -0.39 is 0 Å². The topological polar surface area (TPSA) is 35.5 Å². The molecule has 152 valence electrons. The predicted molar refractivity (Wildman–Crippen MR) is 113 cm³/mol. The molecule has 1 aliphatic carbocycles. The summed E-state index contributed by atoms with van der Waals surface area (Å²) >= 11 is 1.94. The molecule has 2 aliphatic rings. The van der Waals surface area contributed by atoms with Crippen LogP contribution >= 0.6 is 11.3 Å². The monoisotopic (exact) mass is 402 g/mol. The number of hydrogen-bond donors (Lipinski definition) is 2. The molecule has 2 N–H and O–H groups in total. The van der Waals surface area contributed by atoms with E-state index in [1.807, 2.05) is 30.5 Å². The van der Waals surface area contributed by atoms with Gasteiger partial charge in [0.25, 0.3) is 0 Å². The van der Waals surface area contributed by atoms with E-state index in [1.54, 1.807) is 10.9 Å². The second-order valence-electron chi connectivity index (χ2n) is 8.38. The van der Waals surface area contributed by atoms with Crippen molar-refractivity contribution in [3.05, 3.63) is 57.5 Å². The van der Waals surface area contributed by atoms with E-state index in [2.05, 4.69) is 22.3 Å². The first kappa shape index (κ1) is 20.0. The molecule has 2 heterocycles. The number of halogens is 1. The summed E-state index contributed by atoms with van der Waals surface area (Å²) < 4.78 is 14.4. The van der Waals surface area contributed by atoms with Crippen molar-refractivity contribution in [1.29, 1.82) is 0 Å². The van der Waals surface area contributed by atoms with Crippen LogP contribution in [0.2, 0.25) is 0 Å². The minimum atomic E-state index is -0.151. The number of benzene rings is 1. The Bertz CT molecular complexity index is 773. The number of rotatable bonds is 7. The summed E-state index contributed by atoms with van der Waals surface area (Å²) in [4.78, 5) is 5.07. The number of aliphatic hydroxyl groups is 1. The van der Waals surface area contributed by atoms with Crippen molar-refractivity contribution in [2.45, 2.75) is 56.7 Å². The van der Waals surface area contributed by atoms with E-state index in [0.29, 0.717) is 0 Å². The van der Waals surface area contributed by atoms with Crippen molar-refractivity contribution in [2.75, 3.05) is 20.2 Å². The Labute approximate surface area is 171 Å². The summed E-state index contributed by atoms with van der Waals surface area (Å²) in [6, 6.07) is 11.7. The van der Waals surface area contributed by atoms with Gasteiger partial charge in [-0.3, -0.25) is 4.90 Å². The molecule has 2 aromatic rings. The molecule has 0 radical (unpaired) electrons. The van der Waals surface area contributed by atoms with Crippen molar-refractivity contribution in [3.63, 3.8) is 0 Å². The highest BCUT2D eigenvalue weighted by molar-refractivity contribution is 7.12. The standard InChI is InChI=1S/C23H31FN2OS/c1-26-18(15-27)12-17(23(26)20-8-4-5-9-21(20)24)13-25-14-19-10-11-22(28-19)16-6-2-3-7-16/h4-5,8-11,16-18,23,25,27H,2-3,6-7,12-15H2,1H3/t17-,18+,23-/m0/s1. The number of hydrogen-bond acceptors (Lipinski definition) is 4. The Kier molecular flexibility index (Phi) is 6.46. The number of aliphatic hydroxyl groups excluding tert-OH is 1. The molecule has 2 fully saturated rings. The Morgan fingerprint density at radius 3 is 2.71 bits per heavy atom. The average Bonchev–Trinajstić information content (AvgIpc) is 3.43. The molecule has 5 heteroatoms. The van der Waals surface area contributed by atoms with E-state index in [0.717, 1.165) is 31.0 Å². The molecule has 0 unspecified atom stereocenters. The smallest absolute Gasteiger partial charge is 0.127 e. The lowest BCUT2D eigenvalue weighted by molar-refractivity contribution is 0.151. The highest BCUT2D eigenvalue weighted by atomic mass is 32.1. The maximum Gasteiger partial charge on any atom is 0.127 e. The van der Waals surface area contributed by atoms with E-state index in [4.69, 9.17) is 0 Å². The third-order valence-electron chi connectivity index (χ3n) is 6.62. The summed E-state index contributed by atoms with van der Waals surface area (Å²) in [7, 11) is 2.01. The van der Waals surface area contributed by atoms with E-state index in [9.17, 15) is 9.50 Å². The van der Waals surface area contributed by atoms with Crippen LogP contribution in [0.5, 0.6) is 0 Å². The van der Waals surface area contributed by atoms with Crippen LogP contribution in [-0.2, 0) is 6.54 Å². The van der Waals surface area contributed by atoms with Crippen molar-refractivity contribution in [1.82, 2.24) is 10.2 Å². The minimum absolute atomic E-state index is 0.00300. The molecule has 0 spiro atoms.